The molecule has 5 heteroatoms. The van der Waals surface area contributed by atoms with E-state index in [1.54, 1.807) is 6.20 Å². The maximum atomic E-state index is 12.8. The zero-order chi connectivity index (χ0) is 16.8. The largest absolute Gasteiger partial charge is 0.396 e. The Labute approximate surface area is 142 Å². The van der Waals surface area contributed by atoms with Gasteiger partial charge in [-0.25, -0.2) is 0 Å². The number of nitrogens with one attached hydrogen (secondary N) is 1. The highest BCUT2D eigenvalue weighted by atomic mass is 16.3. The maximum Gasteiger partial charge on any atom is 0.255 e. The van der Waals surface area contributed by atoms with E-state index < -0.39 is 0 Å². The van der Waals surface area contributed by atoms with Gasteiger partial charge >= 0.3 is 0 Å². The van der Waals surface area contributed by atoms with Crippen LogP contribution in [0.4, 0.5) is 5.69 Å². The van der Waals surface area contributed by atoms with Crippen LogP contribution >= 0.6 is 0 Å². The zero-order valence-corrected chi connectivity index (χ0v) is 13.7. The number of nitrogens with zero attached hydrogens (tertiary/aromatic N) is 2. The molecule has 1 amide bonds. The van der Waals surface area contributed by atoms with E-state index in [1.807, 2.05) is 47.5 Å². The first-order valence-electron chi connectivity index (χ1n) is 8.40. The second kappa shape index (κ2) is 7.93. The minimum Gasteiger partial charge on any atom is -0.396 e. The Balaban J connectivity index is 1.68. The van der Waals surface area contributed by atoms with Crippen molar-refractivity contribution in [3.05, 3.63) is 59.9 Å². The summed E-state index contributed by atoms with van der Waals surface area (Å²) in [5.74, 6) is 0.383. The van der Waals surface area contributed by atoms with Gasteiger partial charge in [-0.05, 0) is 42.5 Å². The fraction of sp³-hybridized carbons (Fsp3) is 0.368. The number of aliphatic hydroxyl groups is 1. The predicted molar refractivity (Wildman–Crippen MR) is 93.7 cm³/mol. The number of anilines is 1. The Morgan fingerprint density at radius 2 is 2.00 bits per heavy atom. The molecule has 2 aromatic rings. The second-order valence-electron chi connectivity index (χ2n) is 6.18. The standard InChI is InChI=1S/C19H23N3O2/c23-14-15-7-10-22(11-8-15)19(24)17-5-1-2-6-18(17)21-13-16-4-3-9-20-12-16/h1-6,9,12,15,21,23H,7-8,10-11,13-14H2. The molecule has 1 aromatic carbocycles. The number of benzene rings is 1. The molecule has 1 aliphatic heterocycles. The van der Waals surface area contributed by atoms with Gasteiger partial charge in [0.15, 0.2) is 0 Å². The van der Waals surface area contributed by atoms with Crippen LogP contribution in [0.25, 0.3) is 0 Å². The molecule has 3 rings (SSSR count). The Hall–Kier alpha value is -2.40. The van der Waals surface area contributed by atoms with Crippen molar-refractivity contribution in [1.82, 2.24) is 9.88 Å². The SMILES string of the molecule is O=C(c1ccccc1NCc1cccnc1)N1CCC(CO)CC1. The summed E-state index contributed by atoms with van der Waals surface area (Å²) in [4.78, 5) is 18.8. The molecule has 0 spiro atoms. The smallest absolute Gasteiger partial charge is 0.255 e. The maximum absolute atomic E-state index is 12.8. The molecule has 1 aliphatic rings. The molecule has 126 valence electrons. The average molecular weight is 325 g/mol. The van der Waals surface area contributed by atoms with Crippen LogP contribution in [-0.4, -0.2) is 40.6 Å². The molecule has 5 nitrogen and oxygen atoms in total. The van der Waals surface area contributed by atoms with Gasteiger partial charge in [0.2, 0.25) is 0 Å². The number of aliphatic hydroxyl groups excluding tert-OH is 1. The zero-order valence-electron chi connectivity index (χ0n) is 13.7. The predicted octanol–water partition coefficient (Wildman–Crippen LogP) is 2.54. The Morgan fingerprint density at radius 3 is 2.71 bits per heavy atom. The lowest BCUT2D eigenvalue weighted by Crippen LogP contribution is -2.39. The molecule has 0 bridgehead atoms. The highest BCUT2D eigenvalue weighted by Crippen LogP contribution is 2.22. The molecule has 1 fully saturated rings. The van der Waals surface area contributed by atoms with E-state index in [0.29, 0.717) is 31.1 Å². The second-order valence-corrected chi connectivity index (χ2v) is 6.18. The Kier molecular flexibility index (Phi) is 5.43. The number of rotatable bonds is 5. The number of para-hydroxylation sites is 1. The summed E-state index contributed by atoms with van der Waals surface area (Å²) < 4.78 is 0. The van der Waals surface area contributed by atoms with E-state index >= 15 is 0 Å². The van der Waals surface area contributed by atoms with Crippen molar-refractivity contribution < 1.29 is 9.90 Å². The molecule has 0 unspecified atom stereocenters. The molecule has 0 atom stereocenters. The van der Waals surface area contributed by atoms with E-state index in [0.717, 1.165) is 24.1 Å². The number of carbonyl (C=O) groups is 1. The highest BCUT2D eigenvalue weighted by Gasteiger charge is 2.24. The van der Waals surface area contributed by atoms with Gasteiger partial charge in [0.1, 0.15) is 0 Å². The first kappa shape index (κ1) is 16.5. The highest BCUT2D eigenvalue weighted by molar-refractivity contribution is 5.99. The summed E-state index contributed by atoms with van der Waals surface area (Å²) in [6, 6.07) is 11.5. The number of amides is 1. The number of pyridine rings is 1. The van der Waals surface area contributed by atoms with Crippen molar-refractivity contribution in [1.29, 1.82) is 0 Å². The molecule has 0 saturated carbocycles. The third-order valence-corrected chi connectivity index (χ3v) is 4.52. The quantitative estimate of drug-likeness (QED) is 0.887. The van der Waals surface area contributed by atoms with E-state index in [9.17, 15) is 9.90 Å². The molecular formula is C19H23N3O2. The van der Waals surface area contributed by atoms with Crippen LogP contribution < -0.4 is 5.32 Å². The monoisotopic (exact) mass is 325 g/mol. The van der Waals surface area contributed by atoms with Crippen molar-refractivity contribution in [2.75, 3.05) is 25.0 Å². The number of hydrogen-bond donors (Lipinski definition) is 2. The number of piperidine rings is 1. The third-order valence-electron chi connectivity index (χ3n) is 4.52. The van der Waals surface area contributed by atoms with Gasteiger partial charge in [0.25, 0.3) is 5.91 Å². The Bertz CT molecular complexity index is 667. The number of aromatic nitrogens is 1. The van der Waals surface area contributed by atoms with Crippen molar-refractivity contribution in [3.8, 4) is 0 Å². The lowest BCUT2D eigenvalue weighted by Gasteiger charge is -2.31. The van der Waals surface area contributed by atoms with Crippen molar-refractivity contribution in [2.24, 2.45) is 5.92 Å². The van der Waals surface area contributed by atoms with E-state index in [1.165, 1.54) is 0 Å². The van der Waals surface area contributed by atoms with Crippen molar-refractivity contribution >= 4 is 11.6 Å². The minimum atomic E-state index is 0.0562. The van der Waals surface area contributed by atoms with Gasteiger partial charge in [-0.2, -0.15) is 0 Å². The van der Waals surface area contributed by atoms with E-state index in [-0.39, 0.29) is 12.5 Å². The van der Waals surface area contributed by atoms with Gasteiger partial charge in [-0.3, -0.25) is 9.78 Å². The van der Waals surface area contributed by atoms with Crippen LogP contribution in [0.3, 0.4) is 0 Å². The summed E-state index contributed by atoms with van der Waals surface area (Å²) in [7, 11) is 0. The van der Waals surface area contributed by atoms with Crippen LogP contribution in [0.5, 0.6) is 0 Å². The molecule has 2 heterocycles. The molecular weight excluding hydrogens is 302 g/mol. The molecule has 0 aliphatic carbocycles. The van der Waals surface area contributed by atoms with E-state index in [2.05, 4.69) is 10.3 Å². The first-order valence-corrected chi connectivity index (χ1v) is 8.40. The molecule has 1 saturated heterocycles. The summed E-state index contributed by atoms with van der Waals surface area (Å²) in [6.45, 7) is 2.26. The topological polar surface area (TPSA) is 65.5 Å². The summed E-state index contributed by atoms with van der Waals surface area (Å²) in [5.41, 5.74) is 2.61. The van der Waals surface area contributed by atoms with Gasteiger partial charge in [0, 0.05) is 44.3 Å². The van der Waals surface area contributed by atoms with Crippen LogP contribution in [-0.2, 0) is 6.54 Å². The lowest BCUT2D eigenvalue weighted by molar-refractivity contribution is 0.0652. The number of hydrogen-bond acceptors (Lipinski definition) is 4. The minimum absolute atomic E-state index is 0.0562. The summed E-state index contributed by atoms with van der Waals surface area (Å²) in [6.07, 6.45) is 5.30. The van der Waals surface area contributed by atoms with Gasteiger partial charge < -0.3 is 15.3 Å². The third kappa shape index (κ3) is 3.92. The van der Waals surface area contributed by atoms with Crippen LogP contribution in [0.15, 0.2) is 48.8 Å². The van der Waals surface area contributed by atoms with Gasteiger partial charge in [-0.1, -0.05) is 18.2 Å². The first-order chi connectivity index (χ1) is 11.8. The fourth-order valence-corrected chi connectivity index (χ4v) is 3.01. The van der Waals surface area contributed by atoms with Gasteiger partial charge in [0.05, 0.1) is 5.56 Å². The van der Waals surface area contributed by atoms with Crippen LogP contribution in [0.2, 0.25) is 0 Å². The summed E-state index contributed by atoms with van der Waals surface area (Å²) >= 11 is 0. The number of likely N-dealkylation sites (tertiary alicyclic amines) is 1. The average Bonchev–Trinajstić information content (AvgIpc) is 2.67. The molecule has 1 aromatic heterocycles. The molecule has 2 N–H and O–H groups in total. The van der Waals surface area contributed by atoms with Crippen molar-refractivity contribution in [2.45, 2.75) is 19.4 Å². The van der Waals surface area contributed by atoms with Crippen molar-refractivity contribution in [3.63, 3.8) is 0 Å². The van der Waals surface area contributed by atoms with E-state index in [4.69, 9.17) is 0 Å². The molecule has 0 radical (unpaired) electrons. The molecule has 24 heavy (non-hydrogen) atoms. The fourth-order valence-electron chi connectivity index (χ4n) is 3.01. The normalized spacial score (nSPS) is 15.3. The van der Waals surface area contributed by atoms with Crippen LogP contribution in [0.1, 0.15) is 28.8 Å². The van der Waals surface area contributed by atoms with Gasteiger partial charge in [-0.15, -0.1) is 0 Å². The summed E-state index contributed by atoms with van der Waals surface area (Å²) in [5, 5.41) is 12.6. The van der Waals surface area contributed by atoms with Crippen LogP contribution in [0, 0.1) is 5.92 Å². The lowest BCUT2D eigenvalue weighted by atomic mass is 9.97. The number of carbonyl (C=O) groups excluding carboxylic acids is 1. The Morgan fingerprint density at radius 1 is 1.21 bits per heavy atom.